The van der Waals surface area contributed by atoms with E-state index in [0.29, 0.717) is 0 Å². The van der Waals surface area contributed by atoms with Crippen molar-refractivity contribution in [3.63, 3.8) is 0 Å². The molecule has 0 aliphatic carbocycles. The molecular weight excluding hydrogens is 202 g/mol. The lowest BCUT2D eigenvalue weighted by atomic mass is 9.93. The van der Waals surface area contributed by atoms with E-state index in [0.717, 1.165) is 25.2 Å². The molecule has 0 bridgehead atoms. The van der Waals surface area contributed by atoms with Gasteiger partial charge in [-0.25, -0.2) is 4.98 Å². The molecule has 2 unspecified atom stereocenters. The summed E-state index contributed by atoms with van der Waals surface area (Å²) in [7, 11) is 1.70. The zero-order chi connectivity index (χ0) is 12.2. The number of ether oxygens (including phenoxy) is 1. The number of methoxy groups -OCH3 is 1. The largest absolute Gasteiger partial charge is 0.376 e. The number of imidazole rings is 1. The summed E-state index contributed by atoms with van der Waals surface area (Å²) in [5.74, 6) is 0.910. The molecule has 2 atom stereocenters. The van der Waals surface area contributed by atoms with Crippen LogP contribution in [0, 0.1) is 0 Å². The van der Waals surface area contributed by atoms with Crippen LogP contribution in [0.1, 0.15) is 45.5 Å². The van der Waals surface area contributed by atoms with Crippen molar-refractivity contribution < 1.29 is 4.74 Å². The topological polar surface area (TPSA) is 53.1 Å². The summed E-state index contributed by atoms with van der Waals surface area (Å²) in [4.78, 5) is 4.35. The zero-order valence-corrected chi connectivity index (χ0v) is 10.7. The standard InChI is InChI=1S/C12H23N3O/c1-5-8-15-9-7-14-11(15)10(13)12(3,6-2)16-4/h7,9-10H,5-6,8,13H2,1-4H3. The predicted octanol–water partition coefficient (Wildman–Crippen LogP) is 2.11. The van der Waals surface area contributed by atoms with Crippen molar-refractivity contribution in [2.75, 3.05) is 7.11 Å². The second-order valence-corrected chi connectivity index (χ2v) is 4.33. The summed E-state index contributed by atoms with van der Waals surface area (Å²) in [5, 5.41) is 0. The molecule has 1 heterocycles. The first kappa shape index (κ1) is 13.2. The molecule has 0 radical (unpaired) electrons. The molecule has 1 aromatic heterocycles. The van der Waals surface area contributed by atoms with Crippen LogP contribution >= 0.6 is 0 Å². The van der Waals surface area contributed by atoms with Gasteiger partial charge in [0.2, 0.25) is 0 Å². The summed E-state index contributed by atoms with van der Waals surface area (Å²) in [6.07, 6.45) is 5.72. The fourth-order valence-corrected chi connectivity index (χ4v) is 1.79. The quantitative estimate of drug-likeness (QED) is 0.806. The summed E-state index contributed by atoms with van der Waals surface area (Å²) in [5.41, 5.74) is 5.91. The Labute approximate surface area is 97.8 Å². The number of hydrogen-bond donors (Lipinski definition) is 1. The van der Waals surface area contributed by atoms with Gasteiger partial charge in [-0.15, -0.1) is 0 Å². The molecule has 0 fully saturated rings. The van der Waals surface area contributed by atoms with Gasteiger partial charge in [0, 0.05) is 26.0 Å². The Kier molecular flexibility index (Phi) is 4.50. The van der Waals surface area contributed by atoms with E-state index in [2.05, 4.69) is 23.4 Å². The summed E-state index contributed by atoms with van der Waals surface area (Å²) >= 11 is 0. The Morgan fingerprint density at radius 1 is 1.56 bits per heavy atom. The molecule has 0 aromatic carbocycles. The summed E-state index contributed by atoms with van der Waals surface area (Å²) < 4.78 is 7.64. The van der Waals surface area contributed by atoms with E-state index in [1.807, 2.05) is 13.1 Å². The van der Waals surface area contributed by atoms with E-state index >= 15 is 0 Å². The van der Waals surface area contributed by atoms with E-state index in [9.17, 15) is 0 Å². The van der Waals surface area contributed by atoms with Crippen molar-refractivity contribution >= 4 is 0 Å². The van der Waals surface area contributed by atoms with Gasteiger partial charge in [0.15, 0.2) is 0 Å². The average Bonchev–Trinajstić information content (AvgIpc) is 2.75. The van der Waals surface area contributed by atoms with Crippen molar-refractivity contribution in [3.05, 3.63) is 18.2 Å². The van der Waals surface area contributed by atoms with E-state index in [4.69, 9.17) is 10.5 Å². The molecule has 16 heavy (non-hydrogen) atoms. The molecular formula is C12H23N3O. The minimum Gasteiger partial charge on any atom is -0.376 e. The molecule has 0 spiro atoms. The van der Waals surface area contributed by atoms with Gasteiger partial charge in [0.05, 0.1) is 11.6 Å². The van der Waals surface area contributed by atoms with Crippen LogP contribution in [0.4, 0.5) is 0 Å². The van der Waals surface area contributed by atoms with Crippen LogP contribution in [0.5, 0.6) is 0 Å². The Bertz CT molecular complexity index is 318. The van der Waals surface area contributed by atoms with E-state index < -0.39 is 0 Å². The number of nitrogens with zero attached hydrogens (tertiary/aromatic N) is 2. The SMILES string of the molecule is CCCn1ccnc1C(N)C(C)(CC)OC. The minimum atomic E-state index is -0.350. The van der Waals surface area contributed by atoms with Crippen LogP contribution in [0.25, 0.3) is 0 Å². The van der Waals surface area contributed by atoms with Crippen LogP contribution in [0.2, 0.25) is 0 Å². The number of nitrogens with two attached hydrogens (primary N) is 1. The number of rotatable bonds is 6. The Morgan fingerprint density at radius 3 is 2.75 bits per heavy atom. The molecule has 92 valence electrons. The minimum absolute atomic E-state index is 0.191. The van der Waals surface area contributed by atoms with Crippen LogP contribution in [-0.4, -0.2) is 22.3 Å². The third-order valence-corrected chi connectivity index (χ3v) is 3.32. The van der Waals surface area contributed by atoms with Gasteiger partial charge in [0.1, 0.15) is 5.82 Å². The highest BCUT2D eigenvalue weighted by Crippen LogP contribution is 2.28. The van der Waals surface area contributed by atoms with E-state index in [1.165, 1.54) is 0 Å². The highest BCUT2D eigenvalue weighted by atomic mass is 16.5. The Hall–Kier alpha value is -0.870. The number of hydrogen-bond acceptors (Lipinski definition) is 3. The van der Waals surface area contributed by atoms with Crippen molar-refractivity contribution in [3.8, 4) is 0 Å². The van der Waals surface area contributed by atoms with Gasteiger partial charge in [-0.2, -0.15) is 0 Å². The van der Waals surface area contributed by atoms with Crippen LogP contribution in [0.3, 0.4) is 0 Å². The van der Waals surface area contributed by atoms with Gasteiger partial charge < -0.3 is 15.0 Å². The van der Waals surface area contributed by atoms with Gasteiger partial charge in [-0.3, -0.25) is 0 Å². The highest BCUT2D eigenvalue weighted by molar-refractivity contribution is 5.05. The van der Waals surface area contributed by atoms with Gasteiger partial charge in [-0.1, -0.05) is 13.8 Å². The van der Waals surface area contributed by atoms with E-state index in [-0.39, 0.29) is 11.6 Å². The zero-order valence-electron chi connectivity index (χ0n) is 10.7. The lowest BCUT2D eigenvalue weighted by Crippen LogP contribution is -2.41. The maximum Gasteiger partial charge on any atom is 0.128 e. The smallest absolute Gasteiger partial charge is 0.128 e. The Morgan fingerprint density at radius 2 is 2.25 bits per heavy atom. The van der Waals surface area contributed by atoms with Crippen molar-refractivity contribution in [2.45, 2.75) is 51.8 Å². The summed E-state index contributed by atoms with van der Waals surface area (Å²) in [6.45, 7) is 7.20. The fourth-order valence-electron chi connectivity index (χ4n) is 1.79. The third kappa shape index (κ3) is 2.44. The summed E-state index contributed by atoms with van der Waals surface area (Å²) in [6, 6.07) is -0.191. The Balaban J connectivity index is 2.94. The molecule has 4 nitrogen and oxygen atoms in total. The highest BCUT2D eigenvalue weighted by Gasteiger charge is 2.33. The van der Waals surface area contributed by atoms with Crippen molar-refractivity contribution in [2.24, 2.45) is 5.73 Å². The molecule has 0 aliphatic heterocycles. The van der Waals surface area contributed by atoms with Crippen molar-refractivity contribution in [1.29, 1.82) is 0 Å². The van der Waals surface area contributed by atoms with Crippen LogP contribution in [-0.2, 0) is 11.3 Å². The first-order valence-electron chi connectivity index (χ1n) is 5.90. The lowest BCUT2D eigenvalue weighted by Gasteiger charge is -2.32. The number of aryl methyl sites for hydroxylation is 1. The molecule has 0 saturated heterocycles. The average molecular weight is 225 g/mol. The molecule has 0 amide bonds. The second kappa shape index (κ2) is 5.46. The molecule has 2 N–H and O–H groups in total. The van der Waals surface area contributed by atoms with E-state index in [1.54, 1.807) is 13.3 Å². The molecule has 0 saturated carbocycles. The normalized spacial score (nSPS) is 17.1. The maximum absolute atomic E-state index is 6.26. The predicted molar refractivity (Wildman–Crippen MR) is 65.2 cm³/mol. The first-order chi connectivity index (χ1) is 7.59. The third-order valence-electron chi connectivity index (χ3n) is 3.32. The van der Waals surface area contributed by atoms with Crippen LogP contribution in [0.15, 0.2) is 12.4 Å². The monoisotopic (exact) mass is 225 g/mol. The fraction of sp³-hybridized carbons (Fsp3) is 0.750. The molecule has 1 aromatic rings. The maximum atomic E-state index is 6.26. The molecule has 0 aliphatic rings. The van der Waals surface area contributed by atoms with Gasteiger partial charge >= 0.3 is 0 Å². The lowest BCUT2D eigenvalue weighted by molar-refractivity contribution is -0.0223. The van der Waals surface area contributed by atoms with Gasteiger partial charge in [-0.05, 0) is 19.8 Å². The first-order valence-corrected chi connectivity index (χ1v) is 5.90. The molecule has 1 rings (SSSR count). The number of aromatic nitrogens is 2. The van der Waals surface area contributed by atoms with Crippen molar-refractivity contribution in [1.82, 2.24) is 9.55 Å². The van der Waals surface area contributed by atoms with Gasteiger partial charge in [0.25, 0.3) is 0 Å². The van der Waals surface area contributed by atoms with Crippen LogP contribution < -0.4 is 5.73 Å². The molecule has 4 heteroatoms. The second-order valence-electron chi connectivity index (χ2n) is 4.33.